The molecule has 0 spiro atoms. The van der Waals surface area contributed by atoms with E-state index in [0.717, 1.165) is 16.1 Å². The minimum Gasteiger partial charge on any atom is -0.508 e. The Bertz CT molecular complexity index is 808. The van der Waals surface area contributed by atoms with Gasteiger partial charge in [-0.3, -0.25) is 9.48 Å². The van der Waals surface area contributed by atoms with Crippen LogP contribution in [-0.2, 0) is 13.5 Å². The molecule has 3 aromatic rings. The first kappa shape index (κ1) is 15.2. The minimum atomic E-state index is -0.185. The van der Waals surface area contributed by atoms with E-state index in [1.807, 2.05) is 25.4 Å². The lowest BCUT2D eigenvalue weighted by atomic mass is 10.1. The number of phenolic OH excluding ortho intramolecular Hbond substituents is 1. The topological polar surface area (TPSA) is 80.0 Å². The van der Waals surface area contributed by atoms with Gasteiger partial charge >= 0.3 is 0 Å². The summed E-state index contributed by atoms with van der Waals surface area (Å²) in [4.78, 5) is 16.5. The van der Waals surface area contributed by atoms with E-state index in [9.17, 15) is 9.90 Å². The molecule has 0 fully saturated rings. The number of rotatable bonds is 5. The molecule has 0 bridgehead atoms. The number of aryl methyl sites for hydroxylation is 1. The van der Waals surface area contributed by atoms with Crippen LogP contribution in [0.5, 0.6) is 5.75 Å². The van der Waals surface area contributed by atoms with Crippen LogP contribution in [-0.4, -0.2) is 32.3 Å². The highest BCUT2D eigenvalue weighted by atomic mass is 32.1. The van der Waals surface area contributed by atoms with Gasteiger partial charge in [0.2, 0.25) is 0 Å². The number of carbonyl (C=O) groups is 1. The maximum Gasteiger partial charge on any atom is 0.270 e. The lowest BCUT2D eigenvalue weighted by Gasteiger charge is -2.03. The maximum absolute atomic E-state index is 12.1. The molecule has 1 amide bonds. The summed E-state index contributed by atoms with van der Waals surface area (Å²) in [6.45, 7) is 0.517. The summed E-state index contributed by atoms with van der Waals surface area (Å²) >= 11 is 1.42. The van der Waals surface area contributed by atoms with Crippen LogP contribution in [0.2, 0.25) is 0 Å². The molecular formula is C16H16N4O2S. The predicted octanol–water partition coefficient (Wildman–Crippen LogP) is 2.22. The van der Waals surface area contributed by atoms with Crippen LogP contribution in [0.25, 0.3) is 10.6 Å². The molecular weight excluding hydrogens is 312 g/mol. The summed E-state index contributed by atoms with van der Waals surface area (Å²) in [6, 6.07) is 6.95. The number of benzene rings is 1. The van der Waals surface area contributed by atoms with Gasteiger partial charge in [0, 0.05) is 30.7 Å². The molecule has 23 heavy (non-hydrogen) atoms. The summed E-state index contributed by atoms with van der Waals surface area (Å²) in [7, 11) is 1.84. The molecule has 0 aliphatic heterocycles. The Hall–Kier alpha value is -2.67. The third-order valence-corrected chi connectivity index (χ3v) is 4.22. The summed E-state index contributed by atoms with van der Waals surface area (Å²) in [5.74, 6) is 0.0540. The number of aromatic nitrogens is 3. The summed E-state index contributed by atoms with van der Waals surface area (Å²) in [5.41, 5.74) is 2.37. The van der Waals surface area contributed by atoms with Crippen LogP contribution in [0.1, 0.15) is 16.1 Å². The average molecular weight is 328 g/mol. The Kier molecular flexibility index (Phi) is 4.38. The van der Waals surface area contributed by atoms with Crippen molar-refractivity contribution in [3.05, 3.63) is 53.3 Å². The van der Waals surface area contributed by atoms with Gasteiger partial charge in [0.05, 0.1) is 6.20 Å². The highest BCUT2D eigenvalue weighted by molar-refractivity contribution is 7.13. The van der Waals surface area contributed by atoms with Crippen LogP contribution in [0.4, 0.5) is 0 Å². The summed E-state index contributed by atoms with van der Waals surface area (Å²) < 4.78 is 1.70. The van der Waals surface area contributed by atoms with Gasteiger partial charge in [-0.05, 0) is 24.1 Å². The van der Waals surface area contributed by atoms with Gasteiger partial charge in [-0.2, -0.15) is 5.10 Å². The second kappa shape index (κ2) is 6.62. The second-order valence-electron chi connectivity index (χ2n) is 5.11. The maximum atomic E-state index is 12.1. The van der Waals surface area contributed by atoms with Gasteiger partial charge in [0.1, 0.15) is 16.5 Å². The molecule has 1 aromatic carbocycles. The van der Waals surface area contributed by atoms with E-state index in [1.54, 1.807) is 28.4 Å². The van der Waals surface area contributed by atoms with Crippen LogP contribution < -0.4 is 5.32 Å². The molecule has 0 saturated heterocycles. The largest absolute Gasteiger partial charge is 0.508 e. The molecule has 2 N–H and O–H groups in total. The number of hydrogen-bond donors (Lipinski definition) is 2. The van der Waals surface area contributed by atoms with Gasteiger partial charge < -0.3 is 10.4 Å². The van der Waals surface area contributed by atoms with Gasteiger partial charge in [0.15, 0.2) is 0 Å². The number of amides is 1. The molecule has 3 rings (SSSR count). The van der Waals surface area contributed by atoms with Crippen molar-refractivity contribution >= 4 is 17.2 Å². The highest BCUT2D eigenvalue weighted by Crippen LogP contribution is 2.22. The van der Waals surface area contributed by atoms with Crippen molar-refractivity contribution in [1.29, 1.82) is 0 Å². The van der Waals surface area contributed by atoms with E-state index in [1.165, 1.54) is 11.3 Å². The first-order valence-electron chi connectivity index (χ1n) is 7.12. The first-order chi connectivity index (χ1) is 11.1. The number of hydrogen-bond acceptors (Lipinski definition) is 5. The highest BCUT2D eigenvalue weighted by Gasteiger charge is 2.12. The molecule has 118 valence electrons. The molecule has 0 unspecified atom stereocenters. The zero-order valence-corrected chi connectivity index (χ0v) is 13.4. The zero-order valence-electron chi connectivity index (χ0n) is 12.6. The van der Waals surface area contributed by atoms with Gasteiger partial charge in [-0.1, -0.05) is 12.1 Å². The fraction of sp³-hybridized carbons (Fsp3) is 0.188. The number of nitrogens with one attached hydrogen (secondary N) is 1. The van der Waals surface area contributed by atoms with Crippen molar-refractivity contribution in [2.24, 2.45) is 7.05 Å². The molecule has 0 aliphatic rings. The van der Waals surface area contributed by atoms with Gasteiger partial charge in [-0.15, -0.1) is 11.3 Å². The summed E-state index contributed by atoms with van der Waals surface area (Å²) in [5, 5.41) is 18.7. The standard InChI is InChI=1S/C16H16N4O2S/c1-20-9-12(8-18-20)16-19-14(10-23-16)15(22)17-7-6-11-2-4-13(21)5-3-11/h2-5,8-10,21H,6-7H2,1H3,(H,17,22). The average Bonchev–Trinajstić information content (AvgIpc) is 3.18. The zero-order chi connectivity index (χ0) is 16.2. The smallest absolute Gasteiger partial charge is 0.270 e. The molecule has 0 saturated carbocycles. The van der Waals surface area contributed by atoms with Crippen molar-refractivity contribution in [3.8, 4) is 16.3 Å². The van der Waals surface area contributed by atoms with Crippen molar-refractivity contribution in [2.75, 3.05) is 6.54 Å². The number of carbonyl (C=O) groups excluding carboxylic acids is 1. The number of aromatic hydroxyl groups is 1. The molecule has 6 nitrogen and oxygen atoms in total. The van der Waals surface area contributed by atoms with E-state index < -0.39 is 0 Å². The fourth-order valence-electron chi connectivity index (χ4n) is 2.12. The van der Waals surface area contributed by atoms with E-state index >= 15 is 0 Å². The molecule has 0 atom stereocenters. The van der Waals surface area contributed by atoms with Crippen LogP contribution in [0.15, 0.2) is 42.0 Å². The minimum absolute atomic E-state index is 0.185. The van der Waals surface area contributed by atoms with Gasteiger partial charge in [-0.25, -0.2) is 4.98 Å². The van der Waals surface area contributed by atoms with Crippen molar-refractivity contribution in [3.63, 3.8) is 0 Å². The normalized spacial score (nSPS) is 10.7. The SMILES string of the molecule is Cn1cc(-c2nc(C(=O)NCCc3ccc(O)cc3)cs2)cn1. The Morgan fingerprint density at radius 1 is 1.35 bits per heavy atom. The number of phenols is 1. The molecule has 0 aliphatic carbocycles. The van der Waals surface area contributed by atoms with E-state index in [4.69, 9.17) is 0 Å². The van der Waals surface area contributed by atoms with Crippen LogP contribution in [0, 0.1) is 0 Å². The van der Waals surface area contributed by atoms with E-state index in [0.29, 0.717) is 18.7 Å². The molecule has 2 aromatic heterocycles. The van der Waals surface area contributed by atoms with Crippen LogP contribution >= 0.6 is 11.3 Å². The molecule has 7 heteroatoms. The van der Waals surface area contributed by atoms with Crippen molar-refractivity contribution in [2.45, 2.75) is 6.42 Å². The Labute approximate surface area is 137 Å². The molecule has 0 radical (unpaired) electrons. The Morgan fingerprint density at radius 3 is 2.83 bits per heavy atom. The number of nitrogens with zero attached hydrogens (tertiary/aromatic N) is 3. The van der Waals surface area contributed by atoms with E-state index in [-0.39, 0.29) is 11.7 Å². The van der Waals surface area contributed by atoms with Crippen LogP contribution in [0.3, 0.4) is 0 Å². The third-order valence-electron chi connectivity index (χ3n) is 3.32. The monoisotopic (exact) mass is 328 g/mol. The van der Waals surface area contributed by atoms with Crippen molar-refractivity contribution < 1.29 is 9.90 Å². The fourth-order valence-corrected chi connectivity index (χ4v) is 2.89. The first-order valence-corrected chi connectivity index (χ1v) is 8.00. The third kappa shape index (κ3) is 3.75. The number of thiazole rings is 1. The quantitative estimate of drug-likeness (QED) is 0.752. The molecule has 2 heterocycles. The van der Waals surface area contributed by atoms with E-state index in [2.05, 4.69) is 15.4 Å². The second-order valence-corrected chi connectivity index (χ2v) is 5.97. The summed E-state index contributed by atoms with van der Waals surface area (Å²) in [6.07, 6.45) is 4.29. The van der Waals surface area contributed by atoms with Crippen molar-refractivity contribution in [1.82, 2.24) is 20.1 Å². The predicted molar refractivity (Wildman–Crippen MR) is 88.5 cm³/mol. The lowest BCUT2D eigenvalue weighted by Crippen LogP contribution is -2.25. The Morgan fingerprint density at radius 2 is 2.13 bits per heavy atom. The lowest BCUT2D eigenvalue weighted by molar-refractivity contribution is 0.0950. The Balaban J connectivity index is 1.56. The van der Waals surface area contributed by atoms with Gasteiger partial charge in [0.25, 0.3) is 5.91 Å².